The zero-order valence-corrected chi connectivity index (χ0v) is 10.6. The van der Waals surface area contributed by atoms with Crippen molar-refractivity contribution in [2.24, 2.45) is 0 Å². The van der Waals surface area contributed by atoms with Crippen LogP contribution >= 0.6 is 11.8 Å². The highest BCUT2D eigenvalue weighted by atomic mass is 32.2. The molecule has 0 aliphatic heterocycles. The largest absolute Gasteiger partial charge is 0.397 e. The van der Waals surface area contributed by atoms with Crippen molar-refractivity contribution in [2.75, 3.05) is 18.5 Å². The lowest BCUT2D eigenvalue weighted by atomic mass is 10.3. The minimum absolute atomic E-state index is 0.110. The maximum absolute atomic E-state index is 11.7. The highest BCUT2D eigenvalue weighted by Crippen LogP contribution is 2.16. The van der Waals surface area contributed by atoms with Gasteiger partial charge in [0.15, 0.2) is 0 Å². The molecule has 0 saturated carbocycles. The summed E-state index contributed by atoms with van der Waals surface area (Å²) in [6, 6.07) is 3.83. The van der Waals surface area contributed by atoms with E-state index in [0.717, 1.165) is 5.03 Å². The van der Waals surface area contributed by atoms with E-state index in [0.29, 0.717) is 11.4 Å². The third-order valence-electron chi connectivity index (χ3n) is 2.27. The molecule has 1 aromatic heterocycles. The Morgan fingerprint density at radius 3 is 2.75 bits per heavy atom. The number of thioether (sulfide) groups is 1. The van der Waals surface area contributed by atoms with Gasteiger partial charge in [-0.2, -0.15) is 0 Å². The molecule has 0 aliphatic carbocycles. The van der Waals surface area contributed by atoms with E-state index in [1.165, 1.54) is 11.8 Å². The van der Waals surface area contributed by atoms with Crippen LogP contribution in [0.15, 0.2) is 23.4 Å². The second kappa shape index (κ2) is 5.75. The van der Waals surface area contributed by atoms with Crippen LogP contribution in [0.3, 0.4) is 0 Å². The van der Waals surface area contributed by atoms with Crippen LogP contribution in [0.25, 0.3) is 0 Å². The average Bonchev–Trinajstić information content (AvgIpc) is 2.26. The van der Waals surface area contributed by atoms with E-state index in [2.05, 4.69) is 4.98 Å². The first kappa shape index (κ1) is 12.8. The molecule has 16 heavy (non-hydrogen) atoms. The van der Waals surface area contributed by atoms with Crippen LogP contribution in [0.1, 0.15) is 13.8 Å². The molecule has 0 spiro atoms. The second-order valence-corrected chi connectivity index (χ2v) is 4.81. The zero-order valence-electron chi connectivity index (χ0n) is 9.80. The minimum atomic E-state index is 0.110. The van der Waals surface area contributed by atoms with Gasteiger partial charge in [0, 0.05) is 13.1 Å². The van der Waals surface area contributed by atoms with Gasteiger partial charge < -0.3 is 10.6 Å². The summed E-state index contributed by atoms with van der Waals surface area (Å²) >= 11 is 1.43. The van der Waals surface area contributed by atoms with Gasteiger partial charge in [-0.3, -0.25) is 4.79 Å². The van der Waals surface area contributed by atoms with Crippen LogP contribution in [-0.2, 0) is 4.79 Å². The topological polar surface area (TPSA) is 59.2 Å². The van der Waals surface area contributed by atoms with Crippen molar-refractivity contribution in [1.82, 2.24) is 9.88 Å². The summed E-state index contributed by atoms with van der Waals surface area (Å²) in [5, 5.41) is 0.819. The Labute approximate surface area is 100 Å². The molecule has 1 heterocycles. The fourth-order valence-electron chi connectivity index (χ4n) is 1.00. The van der Waals surface area contributed by atoms with E-state index in [4.69, 9.17) is 5.73 Å². The van der Waals surface area contributed by atoms with E-state index >= 15 is 0 Å². The molecule has 0 unspecified atom stereocenters. The van der Waals surface area contributed by atoms with Gasteiger partial charge in [-0.05, 0) is 26.0 Å². The molecule has 0 bridgehead atoms. The molecule has 0 saturated heterocycles. The summed E-state index contributed by atoms with van der Waals surface area (Å²) in [6.45, 7) is 3.98. The van der Waals surface area contributed by atoms with E-state index < -0.39 is 0 Å². The first-order valence-corrected chi connectivity index (χ1v) is 6.09. The maximum Gasteiger partial charge on any atom is 0.232 e. The van der Waals surface area contributed by atoms with Crippen molar-refractivity contribution in [1.29, 1.82) is 0 Å². The summed E-state index contributed by atoms with van der Waals surface area (Å²) < 4.78 is 0. The van der Waals surface area contributed by atoms with E-state index in [1.54, 1.807) is 17.2 Å². The second-order valence-electron chi connectivity index (χ2n) is 3.82. The van der Waals surface area contributed by atoms with Gasteiger partial charge in [0.25, 0.3) is 0 Å². The van der Waals surface area contributed by atoms with Crippen LogP contribution in [0.2, 0.25) is 0 Å². The fourth-order valence-corrected chi connectivity index (χ4v) is 1.77. The first-order chi connectivity index (χ1) is 7.50. The van der Waals surface area contributed by atoms with Crippen molar-refractivity contribution in [2.45, 2.75) is 24.9 Å². The van der Waals surface area contributed by atoms with Crippen LogP contribution in [-0.4, -0.2) is 34.6 Å². The predicted octanol–water partition coefficient (Wildman–Crippen LogP) is 1.62. The number of hydrogen-bond acceptors (Lipinski definition) is 4. The Bertz CT molecular complexity index is 351. The standard InChI is InChI=1S/C11H17N3OS/c1-8(2)14(3)11(15)7-16-10-5-4-9(12)6-13-10/h4-6,8H,7,12H2,1-3H3. The van der Waals surface area contributed by atoms with Crippen LogP contribution in [0.4, 0.5) is 5.69 Å². The summed E-state index contributed by atoms with van der Waals surface area (Å²) in [7, 11) is 1.81. The third kappa shape index (κ3) is 3.73. The predicted molar refractivity (Wildman–Crippen MR) is 67.3 cm³/mol. The molecule has 88 valence electrons. The minimum Gasteiger partial charge on any atom is -0.397 e. The quantitative estimate of drug-likeness (QED) is 0.811. The molecule has 4 nitrogen and oxygen atoms in total. The summed E-state index contributed by atoms with van der Waals surface area (Å²) in [5.74, 6) is 0.518. The lowest BCUT2D eigenvalue weighted by molar-refractivity contribution is -0.128. The molecular formula is C11H17N3OS. The molecule has 0 radical (unpaired) electrons. The van der Waals surface area contributed by atoms with Gasteiger partial charge in [-0.25, -0.2) is 4.98 Å². The van der Waals surface area contributed by atoms with Gasteiger partial charge in [0.1, 0.15) is 0 Å². The number of amides is 1. The van der Waals surface area contributed by atoms with Crippen LogP contribution in [0.5, 0.6) is 0 Å². The number of carbonyl (C=O) groups is 1. The number of rotatable bonds is 4. The number of hydrogen-bond donors (Lipinski definition) is 1. The number of pyridine rings is 1. The lowest BCUT2D eigenvalue weighted by Crippen LogP contribution is -2.34. The van der Waals surface area contributed by atoms with Gasteiger partial charge >= 0.3 is 0 Å². The van der Waals surface area contributed by atoms with E-state index in [9.17, 15) is 4.79 Å². The van der Waals surface area contributed by atoms with E-state index in [1.807, 2.05) is 27.0 Å². The number of anilines is 1. The van der Waals surface area contributed by atoms with Crippen molar-refractivity contribution in [3.8, 4) is 0 Å². The molecule has 1 amide bonds. The molecule has 0 atom stereocenters. The number of nitrogens with two attached hydrogens (primary N) is 1. The molecule has 1 rings (SSSR count). The number of aromatic nitrogens is 1. The van der Waals surface area contributed by atoms with E-state index in [-0.39, 0.29) is 11.9 Å². The Morgan fingerprint density at radius 2 is 2.25 bits per heavy atom. The highest BCUT2D eigenvalue weighted by Gasteiger charge is 2.12. The van der Waals surface area contributed by atoms with Gasteiger partial charge in [-0.1, -0.05) is 11.8 Å². The Kier molecular flexibility index (Phi) is 4.61. The Hall–Kier alpha value is -1.23. The lowest BCUT2D eigenvalue weighted by Gasteiger charge is -2.20. The first-order valence-electron chi connectivity index (χ1n) is 5.10. The highest BCUT2D eigenvalue weighted by molar-refractivity contribution is 7.99. The average molecular weight is 239 g/mol. The molecular weight excluding hydrogens is 222 g/mol. The normalized spacial score (nSPS) is 10.5. The van der Waals surface area contributed by atoms with Crippen LogP contribution in [0, 0.1) is 0 Å². The third-order valence-corrected chi connectivity index (χ3v) is 3.20. The SMILES string of the molecule is CC(C)N(C)C(=O)CSc1ccc(N)cn1. The smallest absolute Gasteiger partial charge is 0.232 e. The maximum atomic E-state index is 11.7. The summed E-state index contributed by atoms with van der Waals surface area (Å²) in [5.41, 5.74) is 6.16. The van der Waals surface area contributed by atoms with Crippen molar-refractivity contribution in [3.63, 3.8) is 0 Å². The van der Waals surface area contributed by atoms with Gasteiger partial charge in [0.05, 0.1) is 22.7 Å². The number of nitrogens with zero attached hydrogens (tertiary/aromatic N) is 2. The van der Waals surface area contributed by atoms with Crippen molar-refractivity contribution >= 4 is 23.4 Å². The van der Waals surface area contributed by atoms with Gasteiger partial charge in [-0.15, -0.1) is 0 Å². The molecule has 0 aliphatic rings. The molecule has 5 heteroatoms. The fraction of sp³-hybridized carbons (Fsp3) is 0.455. The molecule has 0 aromatic carbocycles. The summed E-state index contributed by atoms with van der Waals surface area (Å²) in [6.07, 6.45) is 1.60. The Morgan fingerprint density at radius 1 is 1.56 bits per heavy atom. The van der Waals surface area contributed by atoms with Crippen molar-refractivity contribution < 1.29 is 4.79 Å². The summed E-state index contributed by atoms with van der Waals surface area (Å²) in [4.78, 5) is 17.5. The monoisotopic (exact) mass is 239 g/mol. The molecule has 0 fully saturated rings. The number of nitrogen functional groups attached to an aromatic ring is 1. The Balaban J connectivity index is 2.46. The van der Waals surface area contributed by atoms with Crippen LogP contribution < -0.4 is 5.73 Å². The zero-order chi connectivity index (χ0) is 12.1. The molecule has 2 N–H and O–H groups in total. The van der Waals surface area contributed by atoms with Crippen molar-refractivity contribution in [3.05, 3.63) is 18.3 Å². The number of carbonyl (C=O) groups excluding carboxylic acids is 1. The molecule has 1 aromatic rings. The van der Waals surface area contributed by atoms with Gasteiger partial charge in [0.2, 0.25) is 5.91 Å².